The number of nitrogens with two attached hydrogens (primary N) is 2. The monoisotopic (exact) mass is 749 g/mol. The molecule has 0 aromatic carbocycles. The van der Waals surface area contributed by atoms with E-state index in [0.29, 0.717) is 42.8 Å². The van der Waals surface area contributed by atoms with Gasteiger partial charge in [-0.25, -0.2) is 0 Å². The molecule has 7 nitrogen and oxygen atoms in total. The van der Waals surface area contributed by atoms with Crippen LogP contribution in [-0.2, 0) is 14.3 Å². The third kappa shape index (κ3) is 11.7. The summed E-state index contributed by atoms with van der Waals surface area (Å²) in [5, 5.41) is 3.14. The first-order valence-electron chi connectivity index (χ1n) is 21.0. The van der Waals surface area contributed by atoms with Crippen LogP contribution in [0.3, 0.4) is 0 Å². The van der Waals surface area contributed by atoms with E-state index < -0.39 is 0 Å². The van der Waals surface area contributed by atoms with Crippen LogP contribution in [0.2, 0.25) is 0 Å². The van der Waals surface area contributed by atoms with Gasteiger partial charge in [0.2, 0.25) is 5.91 Å². The Hall–Kier alpha value is -0.580. The van der Waals surface area contributed by atoms with Crippen molar-refractivity contribution in [1.82, 2.24) is 10.2 Å². The Balaban J connectivity index is 1.21. The highest BCUT2D eigenvalue weighted by molar-refractivity contribution is 8.77. The summed E-state index contributed by atoms with van der Waals surface area (Å²) in [7, 11) is 2.97. The van der Waals surface area contributed by atoms with Gasteiger partial charge in [0.05, 0.1) is 23.7 Å². The first kappa shape index (κ1) is 43.2. The smallest absolute Gasteiger partial charge is 0.233 e. The average molecular weight is 749 g/mol. The van der Waals surface area contributed by atoms with Crippen molar-refractivity contribution in [2.24, 2.45) is 57.8 Å². The van der Waals surface area contributed by atoms with Crippen molar-refractivity contribution in [3.63, 3.8) is 0 Å². The summed E-state index contributed by atoms with van der Waals surface area (Å²) in [5.74, 6) is 5.60. The van der Waals surface area contributed by atoms with E-state index in [9.17, 15) is 9.59 Å². The van der Waals surface area contributed by atoms with Gasteiger partial charge < -0.3 is 31.2 Å². The minimum atomic E-state index is -0.267. The molecule has 3 saturated carbocycles. The Bertz CT molecular complexity index is 1090. The number of carbonyl (C=O) groups is 2. The molecule has 9 atom stereocenters. The third-order valence-electron chi connectivity index (χ3n) is 13.9. The molecule has 9 heteroatoms. The number of aldehydes is 1. The average Bonchev–Trinajstić information content (AvgIpc) is 3.47. The number of allylic oxidation sites excluding steroid dienone is 1. The Labute approximate surface area is 320 Å². The fourth-order valence-electron chi connectivity index (χ4n) is 10.9. The molecule has 0 bridgehead atoms. The maximum atomic E-state index is 13.1. The molecule has 1 amide bonds. The molecular formula is C42H76N4O3S2. The highest BCUT2D eigenvalue weighted by atomic mass is 33.1. The molecule has 0 aromatic rings. The van der Waals surface area contributed by atoms with E-state index in [4.69, 9.17) is 16.2 Å². The fourth-order valence-corrected chi connectivity index (χ4v) is 13.0. The van der Waals surface area contributed by atoms with Gasteiger partial charge in [0.1, 0.15) is 6.29 Å². The van der Waals surface area contributed by atoms with Crippen LogP contribution in [0, 0.1) is 46.3 Å². The maximum Gasteiger partial charge on any atom is 0.233 e. The van der Waals surface area contributed by atoms with Crippen molar-refractivity contribution in [1.29, 1.82) is 0 Å². The zero-order valence-electron chi connectivity index (χ0n) is 33.2. The number of nitrogens with one attached hydrogen (secondary N) is 1. The summed E-state index contributed by atoms with van der Waals surface area (Å²) in [6.07, 6.45) is 22.0. The van der Waals surface area contributed by atoms with Crippen molar-refractivity contribution < 1.29 is 14.3 Å². The zero-order valence-corrected chi connectivity index (χ0v) is 34.8. The Kier molecular flexibility index (Phi) is 18.2. The van der Waals surface area contributed by atoms with Crippen LogP contribution in [0.25, 0.3) is 0 Å². The van der Waals surface area contributed by atoms with Crippen LogP contribution in [-0.4, -0.2) is 80.1 Å². The van der Waals surface area contributed by atoms with E-state index in [2.05, 4.69) is 46.0 Å². The van der Waals surface area contributed by atoms with Crippen molar-refractivity contribution in [2.75, 3.05) is 51.6 Å². The second-order valence-electron chi connectivity index (χ2n) is 17.6. The molecule has 0 heterocycles. The largest absolute Gasteiger partial charge is 0.376 e. The summed E-state index contributed by atoms with van der Waals surface area (Å²) in [6, 6.07) is 0. The molecule has 3 fully saturated rings. The number of nitrogens with zero attached hydrogens (tertiary/aromatic N) is 1. The normalized spacial score (nSPS) is 31.4. The Morgan fingerprint density at radius 3 is 2.49 bits per heavy atom. The quantitative estimate of drug-likeness (QED) is 0.0392. The highest BCUT2D eigenvalue weighted by Crippen LogP contribution is 2.67. The van der Waals surface area contributed by atoms with Crippen LogP contribution < -0.4 is 16.8 Å². The second-order valence-corrected chi connectivity index (χ2v) is 20.2. The van der Waals surface area contributed by atoms with E-state index in [-0.39, 0.29) is 17.3 Å². The van der Waals surface area contributed by atoms with Crippen molar-refractivity contribution in [2.45, 2.75) is 142 Å². The minimum absolute atomic E-state index is 0.129. The highest BCUT2D eigenvalue weighted by Gasteiger charge is 2.59. The summed E-state index contributed by atoms with van der Waals surface area (Å²) in [5.41, 5.74) is 13.8. The molecular weight excluding hydrogens is 673 g/mol. The molecule has 4 aliphatic carbocycles. The number of fused-ring (bicyclic) bond motifs is 5. The van der Waals surface area contributed by atoms with Crippen molar-refractivity contribution >= 4 is 33.8 Å². The number of carbonyl (C=O) groups excluding carboxylic acids is 2. The SMILES string of the molecule is CC(C)CCC[C@@H](C)[C@H]1CC[C@H]2[C@@H]3CC=C4C[C@@H](OCC(C=O)SSCC(=O)N(CCCN)CCCCNCCCN)CC[C@]4(C)[C@H]3CC[C@]12C. The predicted octanol–water partition coefficient (Wildman–Crippen LogP) is 8.26. The number of unbranched alkanes of at least 4 members (excludes halogenated alkanes) is 1. The molecule has 5 N–H and O–H groups in total. The maximum absolute atomic E-state index is 13.1. The van der Waals surface area contributed by atoms with E-state index in [1.807, 2.05) is 4.90 Å². The summed E-state index contributed by atoms with van der Waals surface area (Å²) >= 11 is 0. The number of amides is 1. The van der Waals surface area contributed by atoms with Gasteiger partial charge in [0.25, 0.3) is 0 Å². The molecule has 51 heavy (non-hydrogen) atoms. The van der Waals surface area contributed by atoms with Gasteiger partial charge >= 0.3 is 0 Å². The van der Waals surface area contributed by atoms with Gasteiger partial charge in [-0.05, 0) is 150 Å². The molecule has 0 radical (unpaired) electrons. The van der Waals surface area contributed by atoms with Crippen LogP contribution >= 0.6 is 21.6 Å². The molecule has 4 rings (SSSR count). The van der Waals surface area contributed by atoms with Gasteiger partial charge in [-0.15, -0.1) is 0 Å². The molecule has 1 unspecified atom stereocenters. The Morgan fingerprint density at radius 1 is 0.980 bits per heavy atom. The van der Waals surface area contributed by atoms with Gasteiger partial charge in [-0.2, -0.15) is 0 Å². The lowest BCUT2D eigenvalue weighted by Gasteiger charge is -2.58. The summed E-state index contributed by atoms with van der Waals surface area (Å²) in [6.45, 7) is 17.6. The molecule has 0 aromatic heterocycles. The first-order valence-corrected chi connectivity index (χ1v) is 23.4. The van der Waals surface area contributed by atoms with E-state index in [1.54, 1.807) is 5.57 Å². The summed E-state index contributed by atoms with van der Waals surface area (Å²) in [4.78, 5) is 27.1. The zero-order chi connectivity index (χ0) is 36.9. The van der Waals surface area contributed by atoms with E-state index in [0.717, 1.165) is 100.0 Å². The second kappa shape index (κ2) is 21.5. The lowest BCUT2D eigenvalue weighted by molar-refractivity contribution is -0.128. The number of rotatable bonds is 24. The van der Waals surface area contributed by atoms with Crippen LogP contribution in [0.5, 0.6) is 0 Å². The van der Waals surface area contributed by atoms with Gasteiger partial charge in [0.15, 0.2) is 0 Å². The van der Waals surface area contributed by atoms with Crippen LogP contribution in [0.1, 0.15) is 131 Å². The fraction of sp³-hybridized carbons (Fsp3) is 0.905. The molecule has 4 aliphatic rings. The number of ether oxygens (including phenoxy) is 1. The van der Waals surface area contributed by atoms with Crippen LogP contribution in [0.15, 0.2) is 11.6 Å². The van der Waals surface area contributed by atoms with E-state index >= 15 is 0 Å². The lowest BCUT2D eigenvalue weighted by atomic mass is 9.47. The predicted molar refractivity (Wildman–Crippen MR) is 219 cm³/mol. The molecule has 294 valence electrons. The van der Waals surface area contributed by atoms with E-state index in [1.165, 1.54) is 79.4 Å². The number of hydrogen-bond acceptors (Lipinski definition) is 8. The first-order chi connectivity index (χ1) is 24.6. The number of hydrogen-bond donors (Lipinski definition) is 3. The molecule has 0 aliphatic heterocycles. The third-order valence-corrected chi connectivity index (χ3v) is 16.4. The van der Waals surface area contributed by atoms with Crippen molar-refractivity contribution in [3.8, 4) is 0 Å². The van der Waals surface area contributed by atoms with Gasteiger partial charge in [0, 0.05) is 13.1 Å². The van der Waals surface area contributed by atoms with Crippen molar-refractivity contribution in [3.05, 3.63) is 11.6 Å². The Morgan fingerprint density at radius 2 is 1.75 bits per heavy atom. The summed E-state index contributed by atoms with van der Waals surface area (Å²) < 4.78 is 6.47. The van der Waals surface area contributed by atoms with Gasteiger partial charge in [-0.3, -0.25) is 4.79 Å². The van der Waals surface area contributed by atoms with Crippen LogP contribution in [0.4, 0.5) is 0 Å². The standard InChI is InChI=1S/C42H76N4O3S2/c1-31(2)11-8-12-32(3)37-15-16-38-36-14-13-33-27-34(17-19-41(33,4)39(36)18-20-42(37,38)5)49-29-35(28-47)51-50-30-40(48)46(26-10-22-44)25-7-6-23-45-24-9-21-43/h13,28,31-32,34-39,45H,6-12,14-27,29-30,43-44H2,1-5H3/t32-,34+,35?,36+,37-,38+,39+,41+,42-/m1/s1. The topological polar surface area (TPSA) is 111 Å². The lowest BCUT2D eigenvalue weighted by Crippen LogP contribution is -2.51. The molecule has 0 spiro atoms. The minimum Gasteiger partial charge on any atom is -0.376 e. The molecule has 0 saturated heterocycles. The van der Waals surface area contributed by atoms with Gasteiger partial charge in [-0.1, -0.05) is 87.1 Å².